The predicted octanol–water partition coefficient (Wildman–Crippen LogP) is 7.96. The molecule has 8 heteroatoms. The molecule has 0 amide bonds. The van der Waals surface area contributed by atoms with E-state index in [4.69, 9.17) is 20.9 Å². The SMILES string of the molecule is C=CC1CCC(COc2ccc(/C=C/C(=O)C(O)C(c3ccc(N)cc3N)C(O)C(=O)/C=C/c3ccc(OCC4CCC(C=C)CC4)cc3)cc2)CC1. The molecule has 2 aliphatic rings. The van der Waals surface area contributed by atoms with Crippen molar-refractivity contribution >= 4 is 35.1 Å². The lowest BCUT2D eigenvalue weighted by atomic mass is 9.82. The highest BCUT2D eigenvalue weighted by Crippen LogP contribution is 2.33. The first-order valence-corrected chi connectivity index (χ1v) is 18.8. The standard InChI is InChI=1S/C45H54N2O6/c1-3-30-5-9-34(10-6-30)28-52-37-20-13-32(14-21-37)17-25-41(48)44(50)43(39-24-19-36(46)27-40(39)47)45(51)42(49)26-18-33-15-22-38(23-16-33)53-29-35-11-7-31(4-2)8-12-35/h3-4,13-27,30-31,34-35,43-45,50-51H,1-2,5-12,28-29,46-47H2/b25-17+,26-18+. The molecule has 53 heavy (non-hydrogen) atoms. The Morgan fingerprint density at radius 3 is 1.45 bits per heavy atom. The first kappa shape index (κ1) is 39.3. The van der Waals surface area contributed by atoms with E-state index in [2.05, 4.69) is 25.3 Å². The van der Waals surface area contributed by atoms with Crippen molar-refractivity contribution in [1.82, 2.24) is 0 Å². The number of nitrogen functional groups attached to an aromatic ring is 2. The van der Waals surface area contributed by atoms with Crippen LogP contribution in [0.3, 0.4) is 0 Å². The lowest BCUT2D eigenvalue weighted by Gasteiger charge is -2.26. The van der Waals surface area contributed by atoms with Gasteiger partial charge >= 0.3 is 0 Å². The Morgan fingerprint density at radius 1 is 0.660 bits per heavy atom. The van der Waals surface area contributed by atoms with Gasteiger partial charge in [-0.25, -0.2) is 0 Å². The number of benzene rings is 3. The van der Waals surface area contributed by atoms with E-state index in [0.29, 0.717) is 42.6 Å². The lowest BCUT2D eigenvalue weighted by molar-refractivity contribution is -0.130. The summed E-state index contributed by atoms with van der Waals surface area (Å²) in [5, 5.41) is 22.6. The maximum absolute atomic E-state index is 13.3. The van der Waals surface area contributed by atoms with E-state index >= 15 is 0 Å². The van der Waals surface area contributed by atoms with Crippen LogP contribution < -0.4 is 20.9 Å². The number of carbonyl (C=O) groups excluding carboxylic acids is 2. The minimum absolute atomic E-state index is 0.148. The van der Waals surface area contributed by atoms with Crippen LogP contribution in [0.15, 0.2) is 104 Å². The summed E-state index contributed by atoms with van der Waals surface area (Å²) in [6.07, 6.45) is 15.3. The van der Waals surface area contributed by atoms with Gasteiger partial charge in [0.2, 0.25) is 0 Å². The molecule has 0 saturated heterocycles. The Kier molecular flexibility index (Phi) is 14.3. The molecule has 0 heterocycles. The number of hydrogen-bond acceptors (Lipinski definition) is 8. The zero-order valence-electron chi connectivity index (χ0n) is 30.5. The van der Waals surface area contributed by atoms with Crippen LogP contribution in [0.5, 0.6) is 11.5 Å². The largest absolute Gasteiger partial charge is 0.493 e. The van der Waals surface area contributed by atoms with E-state index in [9.17, 15) is 19.8 Å². The third kappa shape index (κ3) is 11.3. The zero-order valence-corrected chi connectivity index (χ0v) is 30.5. The normalized spacial score (nSPS) is 22.2. The van der Waals surface area contributed by atoms with Crippen LogP contribution in [0.1, 0.15) is 74.0 Å². The summed E-state index contributed by atoms with van der Waals surface area (Å²) in [6.45, 7) is 9.15. The van der Waals surface area contributed by atoms with Crippen molar-refractivity contribution in [3.05, 3.63) is 121 Å². The maximum atomic E-state index is 13.3. The van der Waals surface area contributed by atoms with Gasteiger partial charge in [-0.05, 0) is 140 Å². The smallest absolute Gasteiger partial charge is 0.184 e. The Labute approximate surface area is 313 Å². The van der Waals surface area contributed by atoms with Gasteiger partial charge in [-0.2, -0.15) is 0 Å². The van der Waals surface area contributed by atoms with Crippen molar-refractivity contribution in [2.45, 2.75) is 69.5 Å². The third-order valence-corrected chi connectivity index (χ3v) is 10.8. The first-order chi connectivity index (χ1) is 25.6. The number of rotatable bonds is 17. The van der Waals surface area contributed by atoms with Crippen LogP contribution in [-0.4, -0.2) is 47.2 Å². The average Bonchev–Trinajstić information content (AvgIpc) is 3.19. The van der Waals surface area contributed by atoms with E-state index in [1.165, 1.54) is 24.3 Å². The summed E-state index contributed by atoms with van der Waals surface area (Å²) in [7, 11) is 0. The number of nitrogens with two attached hydrogens (primary N) is 2. The molecule has 8 nitrogen and oxygen atoms in total. The molecule has 2 fully saturated rings. The van der Waals surface area contributed by atoms with Crippen molar-refractivity contribution in [1.29, 1.82) is 0 Å². The van der Waals surface area contributed by atoms with Gasteiger partial charge in [0.05, 0.1) is 19.1 Å². The van der Waals surface area contributed by atoms with Crippen LogP contribution in [-0.2, 0) is 9.59 Å². The molecule has 0 aliphatic heterocycles. The molecular formula is C45H54N2O6. The minimum atomic E-state index is -1.77. The number of anilines is 2. The van der Waals surface area contributed by atoms with Gasteiger partial charge in [0.15, 0.2) is 11.6 Å². The molecule has 2 atom stereocenters. The molecule has 5 rings (SSSR count). The Hall–Kier alpha value is -4.92. The van der Waals surface area contributed by atoms with Crippen molar-refractivity contribution < 1.29 is 29.3 Å². The zero-order chi connectivity index (χ0) is 37.7. The molecule has 0 spiro atoms. The number of aliphatic hydroxyl groups is 2. The van der Waals surface area contributed by atoms with E-state index in [1.807, 2.05) is 48.5 Å². The topological polar surface area (TPSA) is 145 Å². The van der Waals surface area contributed by atoms with Gasteiger partial charge in [-0.1, -0.05) is 54.6 Å². The molecule has 0 aromatic heterocycles. The first-order valence-electron chi connectivity index (χ1n) is 18.8. The van der Waals surface area contributed by atoms with Crippen molar-refractivity contribution in [2.75, 3.05) is 24.7 Å². The molecule has 0 bridgehead atoms. The fourth-order valence-corrected chi connectivity index (χ4v) is 7.28. The number of ketones is 2. The molecule has 0 radical (unpaired) electrons. The van der Waals surface area contributed by atoms with Crippen LogP contribution in [0.2, 0.25) is 0 Å². The van der Waals surface area contributed by atoms with Gasteiger partial charge in [-0.15, -0.1) is 13.2 Å². The minimum Gasteiger partial charge on any atom is -0.493 e. The highest BCUT2D eigenvalue weighted by atomic mass is 16.5. The summed E-state index contributed by atoms with van der Waals surface area (Å²) >= 11 is 0. The Morgan fingerprint density at radius 2 is 1.08 bits per heavy atom. The lowest BCUT2D eigenvalue weighted by Crippen LogP contribution is -2.39. The van der Waals surface area contributed by atoms with Gasteiger partial charge in [0.25, 0.3) is 0 Å². The van der Waals surface area contributed by atoms with Gasteiger partial charge in [0, 0.05) is 11.4 Å². The summed E-state index contributed by atoms with van der Waals surface area (Å²) in [4.78, 5) is 26.7. The monoisotopic (exact) mass is 718 g/mol. The van der Waals surface area contributed by atoms with Crippen LogP contribution in [0, 0.1) is 23.7 Å². The fraction of sp³-hybridized carbons (Fsp3) is 0.378. The van der Waals surface area contributed by atoms with Crippen LogP contribution in [0.25, 0.3) is 12.2 Å². The number of ether oxygens (including phenoxy) is 2. The molecule has 2 aliphatic carbocycles. The summed E-state index contributed by atoms with van der Waals surface area (Å²) in [5.41, 5.74) is 14.3. The number of hydrogen-bond donors (Lipinski definition) is 4. The number of carbonyl (C=O) groups is 2. The second kappa shape index (κ2) is 19.2. The van der Waals surface area contributed by atoms with E-state index in [0.717, 1.165) is 74.0 Å². The van der Waals surface area contributed by atoms with Crippen molar-refractivity contribution in [3.63, 3.8) is 0 Å². The van der Waals surface area contributed by atoms with Crippen LogP contribution in [0.4, 0.5) is 11.4 Å². The van der Waals surface area contributed by atoms with Gasteiger partial charge in [0.1, 0.15) is 23.7 Å². The number of allylic oxidation sites excluding steroid dienone is 2. The quantitative estimate of drug-likeness (QED) is 0.0625. The predicted molar refractivity (Wildman–Crippen MR) is 213 cm³/mol. The van der Waals surface area contributed by atoms with E-state index in [-0.39, 0.29) is 11.3 Å². The maximum Gasteiger partial charge on any atom is 0.184 e. The third-order valence-electron chi connectivity index (χ3n) is 10.8. The van der Waals surface area contributed by atoms with E-state index in [1.54, 1.807) is 18.2 Å². The molecular weight excluding hydrogens is 665 g/mol. The molecule has 6 N–H and O–H groups in total. The van der Waals surface area contributed by atoms with Crippen molar-refractivity contribution in [2.24, 2.45) is 23.7 Å². The number of aliphatic hydroxyl groups excluding tert-OH is 2. The summed E-state index contributed by atoms with van der Waals surface area (Å²) in [6, 6.07) is 19.2. The molecule has 280 valence electrons. The molecule has 2 saturated carbocycles. The fourth-order valence-electron chi connectivity index (χ4n) is 7.28. The second-order valence-electron chi connectivity index (χ2n) is 14.6. The Bertz CT molecular complexity index is 1630. The average molecular weight is 719 g/mol. The molecule has 2 unspecified atom stereocenters. The van der Waals surface area contributed by atoms with E-state index < -0.39 is 29.7 Å². The molecule has 3 aromatic rings. The highest BCUT2D eigenvalue weighted by molar-refractivity contribution is 6.01. The van der Waals surface area contributed by atoms with Crippen LogP contribution >= 0.6 is 0 Å². The van der Waals surface area contributed by atoms with Gasteiger partial charge in [-0.3, -0.25) is 9.59 Å². The van der Waals surface area contributed by atoms with Gasteiger partial charge < -0.3 is 31.2 Å². The highest BCUT2D eigenvalue weighted by Gasteiger charge is 2.36. The summed E-state index contributed by atoms with van der Waals surface area (Å²) < 4.78 is 12.0. The summed E-state index contributed by atoms with van der Waals surface area (Å²) in [5.74, 6) is 1.03. The van der Waals surface area contributed by atoms with Crippen molar-refractivity contribution in [3.8, 4) is 11.5 Å². The second-order valence-corrected chi connectivity index (χ2v) is 14.6. The Balaban J connectivity index is 1.19. The molecule has 3 aromatic carbocycles.